The first-order valence-corrected chi connectivity index (χ1v) is 7.93. The summed E-state index contributed by atoms with van der Waals surface area (Å²) in [4.78, 5) is 0. The quantitative estimate of drug-likeness (QED) is 0.207. The molecule has 23 heavy (non-hydrogen) atoms. The Bertz CT molecular complexity index is 414. The van der Waals surface area contributed by atoms with E-state index in [1.165, 1.54) is 0 Å². The Morgan fingerprint density at radius 3 is 1.61 bits per heavy atom. The van der Waals surface area contributed by atoms with E-state index < -0.39 is 66.0 Å². The third-order valence-corrected chi connectivity index (χ3v) is 3.56. The van der Waals surface area contributed by atoms with Crippen LogP contribution in [-0.4, -0.2) is 62.4 Å². The molecule has 0 aliphatic heterocycles. The minimum atomic E-state index is -5.24. The summed E-state index contributed by atoms with van der Waals surface area (Å²) in [7, 11) is -5.24. The molecule has 0 aromatic carbocycles. The number of hydrogen-bond acceptors (Lipinski definition) is 3. The van der Waals surface area contributed by atoms with Crippen molar-refractivity contribution in [3.63, 3.8) is 0 Å². The van der Waals surface area contributed by atoms with Gasteiger partial charge in [0.15, 0.2) is 24.7 Å². The summed E-state index contributed by atoms with van der Waals surface area (Å²) < 4.78 is 121. The van der Waals surface area contributed by atoms with Crippen molar-refractivity contribution in [2.24, 2.45) is 0 Å². The Labute approximate surface area is 172 Å². The smallest absolute Gasteiger partial charge is 0.748 e. The van der Waals surface area contributed by atoms with E-state index in [1.807, 2.05) is 0 Å². The third-order valence-electron chi connectivity index (χ3n) is 2.83. The molecule has 6 atom stereocenters. The molecule has 0 aromatic rings. The first kappa shape index (κ1) is 26.3. The van der Waals surface area contributed by atoms with Crippen LogP contribution in [0.2, 0.25) is 0 Å². The second kappa shape index (κ2) is 12.4. The number of unbranched alkanes of at least 4 members (excludes halogenated alkanes) is 1. The first-order chi connectivity index (χ1) is 10.0. The van der Waals surface area contributed by atoms with Gasteiger partial charge in [-0.15, -0.1) is 0 Å². The third kappa shape index (κ3) is 10.6. The zero-order valence-electron chi connectivity index (χ0n) is 12.3. The molecule has 12 heteroatoms. The first-order valence-electron chi connectivity index (χ1n) is 6.35. The van der Waals surface area contributed by atoms with Crippen molar-refractivity contribution in [2.45, 2.75) is 56.3 Å². The second-order valence-corrected chi connectivity index (χ2v) is 6.17. The molecule has 0 radical (unpaired) electrons. The van der Waals surface area contributed by atoms with E-state index in [0.717, 1.165) is 0 Å². The molecule has 0 heterocycles. The predicted molar refractivity (Wildman–Crippen MR) is 63.8 cm³/mol. The van der Waals surface area contributed by atoms with Gasteiger partial charge in [-0.2, -0.15) is 0 Å². The van der Waals surface area contributed by atoms with E-state index in [0.29, 0.717) is 0 Å². The molecule has 0 amide bonds. The minimum Gasteiger partial charge on any atom is -0.748 e. The Kier molecular flexibility index (Phi) is 14.2. The number of halogens is 7. The van der Waals surface area contributed by atoms with Crippen LogP contribution in [0.3, 0.4) is 0 Å². The molecule has 3 nitrogen and oxygen atoms in total. The molecule has 0 N–H and O–H groups in total. The molecule has 0 rings (SSSR count). The van der Waals surface area contributed by atoms with E-state index in [-0.39, 0.29) is 64.2 Å². The number of hydrogen-bond donors (Lipinski definition) is 0. The van der Waals surface area contributed by atoms with Crippen molar-refractivity contribution in [3.8, 4) is 0 Å². The standard InChI is InChI=1S/C11H17F7O3S.K/c12-4-2-1-3-6(13)8(15)10(17)11(18)9(16)7(14)5-22(19,20)21;/h6-11H,1-5H2,(H,19,20,21);/q;+1/p-1. The van der Waals surface area contributed by atoms with Gasteiger partial charge in [0.1, 0.15) is 12.3 Å². The summed E-state index contributed by atoms with van der Waals surface area (Å²) in [6.45, 7) is -0.811. The Balaban J connectivity index is 0. The fourth-order valence-corrected chi connectivity index (χ4v) is 2.20. The summed E-state index contributed by atoms with van der Waals surface area (Å²) in [5, 5.41) is 0. The van der Waals surface area contributed by atoms with Gasteiger partial charge in [-0.3, -0.25) is 4.39 Å². The largest absolute Gasteiger partial charge is 1.00 e. The van der Waals surface area contributed by atoms with Gasteiger partial charge in [-0.25, -0.2) is 34.8 Å². The molecule has 0 spiro atoms. The van der Waals surface area contributed by atoms with Crippen LogP contribution in [0.25, 0.3) is 0 Å². The molecule has 0 saturated carbocycles. The molecule has 6 unspecified atom stereocenters. The van der Waals surface area contributed by atoms with Gasteiger partial charge < -0.3 is 4.55 Å². The summed E-state index contributed by atoms with van der Waals surface area (Å²) in [5.74, 6) is -1.95. The molecular weight excluding hydrogens is 384 g/mol. The normalized spacial score (nSPS) is 20.0. The van der Waals surface area contributed by atoms with Crippen molar-refractivity contribution in [3.05, 3.63) is 0 Å². The molecular formula is C11H16F7KO3S. The van der Waals surface area contributed by atoms with Crippen molar-refractivity contribution in [1.82, 2.24) is 0 Å². The monoisotopic (exact) mass is 400 g/mol. The van der Waals surface area contributed by atoms with Crippen molar-refractivity contribution in [1.29, 1.82) is 0 Å². The van der Waals surface area contributed by atoms with Gasteiger partial charge >= 0.3 is 51.4 Å². The summed E-state index contributed by atoms with van der Waals surface area (Å²) in [6, 6.07) is 0. The summed E-state index contributed by atoms with van der Waals surface area (Å²) in [6.07, 6.45) is -20.1. The Hall–Kier alpha value is 1.06. The molecule has 0 aliphatic carbocycles. The number of rotatable bonds is 11. The average molecular weight is 400 g/mol. The topological polar surface area (TPSA) is 57.2 Å². The predicted octanol–water partition coefficient (Wildman–Crippen LogP) is -0.296. The number of alkyl halides is 7. The summed E-state index contributed by atoms with van der Waals surface area (Å²) in [5.41, 5.74) is 0. The zero-order chi connectivity index (χ0) is 17.5. The molecule has 134 valence electrons. The van der Waals surface area contributed by atoms with E-state index in [1.54, 1.807) is 0 Å². The van der Waals surface area contributed by atoms with Crippen LogP contribution in [0.1, 0.15) is 19.3 Å². The van der Waals surface area contributed by atoms with Crippen LogP contribution in [0, 0.1) is 0 Å². The SMILES string of the molecule is O=S(=O)([O-])CC(F)C(F)C(F)C(F)C(F)C(F)CCCCF.[K+]. The van der Waals surface area contributed by atoms with Crippen molar-refractivity contribution in [2.75, 3.05) is 12.4 Å². The molecule has 0 aromatic heterocycles. The van der Waals surface area contributed by atoms with Crippen LogP contribution in [0.5, 0.6) is 0 Å². The maximum atomic E-state index is 13.3. The van der Waals surface area contributed by atoms with Gasteiger partial charge in [-0.1, -0.05) is 0 Å². The van der Waals surface area contributed by atoms with Crippen LogP contribution < -0.4 is 51.4 Å². The van der Waals surface area contributed by atoms with Crippen LogP contribution in [0.15, 0.2) is 0 Å². The van der Waals surface area contributed by atoms with Crippen molar-refractivity contribution < 1.29 is 95.1 Å². The van der Waals surface area contributed by atoms with E-state index in [9.17, 15) is 43.7 Å². The minimum absolute atomic E-state index is 0. The second-order valence-electron chi connectivity index (χ2n) is 4.72. The molecule has 0 aliphatic rings. The van der Waals surface area contributed by atoms with Gasteiger partial charge in [-0.05, 0) is 19.3 Å². The zero-order valence-corrected chi connectivity index (χ0v) is 16.2. The average Bonchev–Trinajstić information content (AvgIpc) is 2.42. The van der Waals surface area contributed by atoms with Gasteiger partial charge in [0.05, 0.1) is 22.5 Å². The molecule has 0 bridgehead atoms. The van der Waals surface area contributed by atoms with Gasteiger partial charge in [0.25, 0.3) is 0 Å². The van der Waals surface area contributed by atoms with E-state index >= 15 is 0 Å². The fraction of sp³-hybridized carbons (Fsp3) is 1.00. The Morgan fingerprint density at radius 2 is 1.22 bits per heavy atom. The van der Waals surface area contributed by atoms with Gasteiger partial charge in [0.2, 0.25) is 0 Å². The van der Waals surface area contributed by atoms with E-state index in [4.69, 9.17) is 0 Å². The van der Waals surface area contributed by atoms with Crippen LogP contribution >= 0.6 is 0 Å². The molecule has 0 fully saturated rings. The van der Waals surface area contributed by atoms with Crippen molar-refractivity contribution >= 4 is 10.1 Å². The Morgan fingerprint density at radius 1 is 0.783 bits per heavy atom. The maximum Gasteiger partial charge on any atom is 1.00 e. The molecule has 0 saturated heterocycles. The fourth-order valence-electron chi connectivity index (χ4n) is 1.63. The van der Waals surface area contributed by atoms with Crippen LogP contribution in [0.4, 0.5) is 30.7 Å². The summed E-state index contributed by atoms with van der Waals surface area (Å²) >= 11 is 0. The van der Waals surface area contributed by atoms with E-state index in [2.05, 4.69) is 0 Å². The van der Waals surface area contributed by atoms with Gasteiger partial charge in [0, 0.05) is 0 Å². The maximum absolute atomic E-state index is 13.3. The van der Waals surface area contributed by atoms with Crippen LogP contribution in [-0.2, 0) is 10.1 Å².